The fourth-order valence-corrected chi connectivity index (χ4v) is 1.43. The van der Waals surface area contributed by atoms with Gasteiger partial charge in [0.25, 0.3) is 5.78 Å². The normalized spacial score (nSPS) is 10.5. The van der Waals surface area contributed by atoms with Crippen molar-refractivity contribution in [2.75, 3.05) is 7.11 Å². The van der Waals surface area contributed by atoms with Gasteiger partial charge in [0.1, 0.15) is 11.5 Å². The highest BCUT2D eigenvalue weighted by atomic mass is 16.5. The summed E-state index contributed by atoms with van der Waals surface area (Å²) in [6.45, 7) is 9.25. The van der Waals surface area contributed by atoms with Crippen LogP contribution in [0.3, 0.4) is 0 Å². The van der Waals surface area contributed by atoms with Crippen LogP contribution in [-0.4, -0.2) is 26.7 Å². The van der Waals surface area contributed by atoms with E-state index >= 15 is 0 Å². The van der Waals surface area contributed by atoms with E-state index in [0.717, 1.165) is 5.69 Å². The molecule has 6 heteroatoms. The van der Waals surface area contributed by atoms with Crippen molar-refractivity contribution >= 4 is 17.2 Å². The molecule has 0 fully saturated rings. The van der Waals surface area contributed by atoms with Gasteiger partial charge in [-0.05, 0) is 13.0 Å². The Balaban J connectivity index is 2.74. The zero-order valence-corrected chi connectivity index (χ0v) is 9.77. The molecule has 88 valence electrons. The van der Waals surface area contributed by atoms with E-state index in [1.54, 1.807) is 7.11 Å². The molecule has 17 heavy (non-hydrogen) atoms. The van der Waals surface area contributed by atoms with Gasteiger partial charge in [-0.1, -0.05) is 13.2 Å². The van der Waals surface area contributed by atoms with Crippen LogP contribution < -0.4 is 5.73 Å². The van der Waals surface area contributed by atoms with Gasteiger partial charge in [-0.3, -0.25) is 0 Å². The van der Waals surface area contributed by atoms with Crippen LogP contribution in [0.2, 0.25) is 0 Å². The number of rotatable bonds is 3. The molecule has 0 radical (unpaired) electrons. The fourth-order valence-electron chi connectivity index (χ4n) is 1.43. The lowest BCUT2D eigenvalue weighted by molar-refractivity contribution is 0.368. The number of aryl methyl sites for hydroxylation is 1. The Morgan fingerprint density at radius 2 is 2.12 bits per heavy atom. The second-order valence-electron chi connectivity index (χ2n) is 3.58. The summed E-state index contributed by atoms with van der Waals surface area (Å²) in [4.78, 5) is 8.42. The van der Waals surface area contributed by atoms with Crippen molar-refractivity contribution in [2.24, 2.45) is 5.73 Å². The summed E-state index contributed by atoms with van der Waals surface area (Å²) in [5.74, 6) is 1.28. The molecule has 0 saturated heterocycles. The Morgan fingerprint density at radius 1 is 1.41 bits per heavy atom. The van der Waals surface area contributed by atoms with Crippen molar-refractivity contribution in [1.82, 2.24) is 19.6 Å². The van der Waals surface area contributed by atoms with Gasteiger partial charge in [-0.15, -0.1) is 5.10 Å². The number of aromatic nitrogens is 4. The largest absolute Gasteiger partial charge is 0.495 e. The van der Waals surface area contributed by atoms with Crippen LogP contribution in [0.1, 0.15) is 17.2 Å². The van der Waals surface area contributed by atoms with Gasteiger partial charge in [-0.2, -0.15) is 9.50 Å². The van der Waals surface area contributed by atoms with Gasteiger partial charge in [0, 0.05) is 5.69 Å². The first-order chi connectivity index (χ1) is 8.02. The van der Waals surface area contributed by atoms with Gasteiger partial charge in [-0.25, -0.2) is 4.98 Å². The van der Waals surface area contributed by atoms with Crippen molar-refractivity contribution in [3.05, 3.63) is 36.4 Å². The summed E-state index contributed by atoms with van der Waals surface area (Å²) in [6, 6.07) is 1.82. The fraction of sp³-hybridized carbons (Fsp3) is 0.182. The lowest BCUT2D eigenvalue weighted by atomic mass is 10.3. The third kappa shape index (κ3) is 1.84. The van der Waals surface area contributed by atoms with Crippen molar-refractivity contribution < 1.29 is 4.74 Å². The molecule has 2 aromatic heterocycles. The molecule has 0 aliphatic carbocycles. The van der Waals surface area contributed by atoms with Crippen molar-refractivity contribution in [1.29, 1.82) is 0 Å². The SMILES string of the molecule is C=C(N)c1nc2nc(C)cc(C(=C)OC)n2n1. The summed E-state index contributed by atoms with van der Waals surface area (Å²) in [5, 5.41) is 4.20. The van der Waals surface area contributed by atoms with E-state index in [4.69, 9.17) is 10.5 Å². The minimum Gasteiger partial charge on any atom is -0.495 e. The van der Waals surface area contributed by atoms with Gasteiger partial charge >= 0.3 is 0 Å². The molecule has 2 N–H and O–H groups in total. The van der Waals surface area contributed by atoms with Gasteiger partial charge < -0.3 is 10.5 Å². The summed E-state index contributed by atoms with van der Waals surface area (Å²) >= 11 is 0. The summed E-state index contributed by atoms with van der Waals surface area (Å²) in [5.41, 5.74) is 7.34. The van der Waals surface area contributed by atoms with Crippen LogP contribution in [0, 0.1) is 6.92 Å². The van der Waals surface area contributed by atoms with Crippen LogP contribution in [0.5, 0.6) is 0 Å². The first kappa shape index (κ1) is 11.1. The summed E-state index contributed by atoms with van der Waals surface area (Å²) < 4.78 is 6.64. The zero-order valence-electron chi connectivity index (χ0n) is 9.77. The molecular formula is C11H13N5O. The second-order valence-corrected chi connectivity index (χ2v) is 3.58. The van der Waals surface area contributed by atoms with Gasteiger partial charge in [0.05, 0.1) is 12.8 Å². The first-order valence-electron chi connectivity index (χ1n) is 4.95. The maximum atomic E-state index is 5.56. The second kappa shape index (κ2) is 3.89. The smallest absolute Gasteiger partial charge is 0.253 e. The standard InChI is InChI=1S/C11H13N5O/c1-6-5-9(8(3)17-4)16-11(13-6)14-10(15-16)7(2)12/h5H,2-3,12H2,1,4H3. The number of nitrogens with two attached hydrogens (primary N) is 1. The Kier molecular flexibility index (Phi) is 2.55. The van der Waals surface area contributed by atoms with Gasteiger partial charge in [0.2, 0.25) is 0 Å². The highest BCUT2D eigenvalue weighted by molar-refractivity contribution is 5.59. The quantitative estimate of drug-likeness (QED) is 0.796. The van der Waals surface area contributed by atoms with Crippen LogP contribution in [-0.2, 0) is 4.74 Å². The number of ether oxygens (including phenoxy) is 1. The van der Waals surface area contributed by atoms with Crippen molar-refractivity contribution in [3.8, 4) is 0 Å². The molecule has 0 aromatic carbocycles. The predicted molar refractivity (Wildman–Crippen MR) is 64.8 cm³/mol. The van der Waals surface area contributed by atoms with Crippen LogP contribution >= 0.6 is 0 Å². The van der Waals surface area contributed by atoms with Crippen LogP contribution in [0.4, 0.5) is 0 Å². The van der Waals surface area contributed by atoms with E-state index in [1.807, 2.05) is 13.0 Å². The Labute approximate surface area is 98.4 Å². The number of hydrogen-bond acceptors (Lipinski definition) is 5. The molecule has 2 heterocycles. The molecule has 0 amide bonds. The topological polar surface area (TPSA) is 78.3 Å². The number of fused-ring (bicyclic) bond motifs is 1. The monoisotopic (exact) mass is 231 g/mol. The van der Waals surface area contributed by atoms with Crippen LogP contribution in [0.25, 0.3) is 17.2 Å². The third-order valence-electron chi connectivity index (χ3n) is 2.26. The number of methoxy groups -OCH3 is 1. The highest BCUT2D eigenvalue weighted by Gasteiger charge is 2.12. The third-order valence-corrected chi connectivity index (χ3v) is 2.26. The summed E-state index contributed by atoms with van der Waals surface area (Å²) in [6.07, 6.45) is 0. The van der Waals surface area contributed by atoms with E-state index in [1.165, 1.54) is 4.52 Å². The van der Waals surface area contributed by atoms with Crippen LogP contribution in [0.15, 0.2) is 19.2 Å². The average Bonchev–Trinajstić information content (AvgIpc) is 2.70. The predicted octanol–water partition coefficient (Wildman–Crippen LogP) is 0.979. The van der Waals surface area contributed by atoms with E-state index in [9.17, 15) is 0 Å². The molecule has 0 spiro atoms. The van der Waals surface area contributed by atoms with E-state index in [2.05, 4.69) is 28.2 Å². The molecule has 2 rings (SSSR count). The zero-order chi connectivity index (χ0) is 12.6. The maximum absolute atomic E-state index is 5.56. The maximum Gasteiger partial charge on any atom is 0.253 e. The molecule has 0 atom stereocenters. The van der Waals surface area contributed by atoms with E-state index in [-0.39, 0.29) is 0 Å². The molecule has 0 unspecified atom stereocenters. The van der Waals surface area contributed by atoms with Gasteiger partial charge in [0.15, 0.2) is 5.82 Å². The highest BCUT2D eigenvalue weighted by Crippen LogP contribution is 2.15. The average molecular weight is 231 g/mol. The van der Waals surface area contributed by atoms with E-state index < -0.39 is 0 Å². The Morgan fingerprint density at radius 3 is 2.71 bits per heavy atom. The van der Waals surface area contributed by atoms with Crippen molar-refractivity contribution in [3.63, 3.8) is 0 Å². The minimum atomic E-state index is 0.294. The number of hydrogen-bond donors (Lipinski definition) is 1. The molecule has 0 aliphatic rings. The molecular weight excluding hydrogens is 218 g/mol. The molecule has 6 nitrogen and oxygen atoms in total. The molecule has 0 bridgehead atoms. The van der Waals surface area contributed by atoms with Crippen molar-refractivity contribution in [2.45, 2.75) is 6.92 Å². The van der Waals surface area contributed by atoms with E-state index in [0.29, 0.717) is 28.8 Å². The Bertz CT molecular complexity index is 614. The summed E-state index contributed by atoms with van der Waals surface area (Å²) in [7, 11) is 1.55. The minimum absolute atomic E-state index is 0.294. The molecule has 0 saturated carbocycles. The first-order valence-corrected chi connectivity index (χ1v) is 4.95. The number of nitrogens with zero attached hydrogens (tertiary/aromatic N) is 4. The lowest BCUT2D eigenvalue weighted by Gasteiger charge is -2.06. The molecule has 2 aromatic rings. The lowest BCUT2D eigenvalue weighted by Crippen LogP contribution is -2.03. The molecule has 0 aliphatic heterocycles. The Hall–Kier alpha value is -2.37.